The number of hydrogen-bond donors (Lipinski definition) is 5. The van der Waals surface area contributed by atoms with Gasteiger partial charge in [0.1, 0.15) is 0 Å². The molecule has 6 amide bonds. The summed E-state index contributed by atoms with van der Waals surface area (Å²) in [5.74, 6) is -0.605. The van der Waals surface area contributed by atoms with Crippen LogP contribution in [0.4, 0.5) is 10.5 Å². The van der Waals surface area contributed by atoms with Crippen LogP contribution in [0.2, 0.25) is 0 Å². The van der Waals surface area contributed by atoms with E-state index in [2.05, 4.69) is 16.0 Å². The topological polar surface area (TPSA) is 183 Å². The van der Waals surface area contributed by atoms with Crippen molar-refractivity contribution in [2.45, 2.75) is 63.8 Å². The molecule has 292 valence electrons. The van der Waals surface area contributed by atoms with Crippen LogP contribution in [0, 0.1) is 5.92 Å². The number of carbonyl (C=O) groups is 5. The number of carbonyl (C=O) groups excluding carboxylic acids is 5. The molecule has 4 aromatic rings. The number of hydrazine groups is 1. The van der Waals surface area contributed by atoms with E-state index in [9.17, 15) is 24.0 Å². The number of nitrogens with one attached hydrogen (secondary N) is 3. The van der Waals surface area contributed by atoms with Crippen LogP contribution in [-0.4, -0.2) is 76.8 Å². The first-order valence-corrected chi connectivity index (χ1v) is 19.1. The molecule has 2 unspecified atom stereocenters. The molecule has 2 heterocycles. The molecule has 13 heteroatoms. The molecule has 0 aromatic heterocycles. The minimum absolute atomic E-state index is 0.00602. The largest absolute Gasteiger partial charge is 0.399 e. The number of nitrogens with zero attached hydrogens (tertiary/aromatic N) is 3. The van der Waals surface area contributed by atoms with Crippen molar-refractivity contribution in [3.05, 3.63) is 125 Å². The van der Waals surface area contributed by atoms with E-state index in [1.165, 1.54) is 10.0 Å². The van der Waals surface area contributed by atoms with E-state index in [1.54, 1.807) is 18.2 Å². The van der Waals surface area contributed by atoms with Crippen molar-refractivity contribution in [2.24, 2.45) is 11.7 Å². The predicted molar refractivity (Wildman–Crippen MR) is 215 cm³/mol. The first kappa shape index (κ1) is 39.5. The van der Waals surface area contributed by atoms with Gasteiger partial charge in [-0.15, -0.1) is 0 Å². The van der Waals surface area contributed by atoms with E-state index >= 15 is 0 Å². The number of piperidine rings is 1. The summed E-state index contributed by atoms with van der Waals surface area (Å²) in [6.07, 6.45) is 6.39. The molecule has 0 spiro atoms. The number of urea groups is 1. The van der Waals surface area contributed by atoms with Crippen LogP contribution in [0.5, 0.6) is 0 Å². The van der Waals surface area contributed by atoms with Gasteiger partial charge < -0.3 is 32.3 Å². The van der Waals surface area contributed by atoms with Crippen molar-refractivity contribution in [3.8, 4) is 0 Å². The quantitative estimate of drug-likeness (QED) is 0.0562. The molecule has 2 atom stereocenters. The van der Waals surface area contributed by atoms with Gasteiger partial charge in [-0.05, 0) is 70.3 Å². The van der Waals surface area contributed by atoms with E-state index in [1.807, 2.05) is 89.8 Å². The minimum atomic E-state index is -1.08. The fraction of sp³-hybridized carbons (Fsp3) is 0.326. The highest BCUT2D eigenvalue weighted by molar-refractivity contribution is 5.90. The number of nitrogens with two attached hydrogens (primary N) is 2. The van der Waals surface area contributed by atoms with Gasteiger partial charge in [0, 0.05) is 51.4 Å². The molecule has 56 heavy (non-hydrogen) atoms. The normalized spacial score (nSPS) is 17.1. The first-order chi connectivity index (χ1) is 27.2. The molecule has 2 aliphatic heterocycles. The average molecular weight is 759 g/mol. The number of hydrogen-bond acceptors (Lipinski definition) is 7. The lowest BCUT2D eigenvalue weighted by atomic mass is 9.87. The van der Waals surface area contributed by atoms with Crippen LogP contribution in [0.15, 0.2) is 103 Å². The minimum Gasteiger partial charge on any atom is -0.399 e. The Bertz CT molecular complexity index is 2020. The molecule has 1 fully saturated rings. The first-order valence-electron chi connectivity index (χ1n) is 19.1. The van der Waals surface area contributed by atoms with Gasteiger partial charge in [0.15, 0.2) is 6.04 Å². The lowest BCUT2D eigenvalue weighted by Crippen LogP contribution is -2.64. The maximum absolute atomic E-state index is 14.1. The molecule has 4 aromatic carbocycles. The lowest BCUT2D eigenvalue weighted by Gasteiger charge is -2.46. The van der Waals surface area contributed by atoms with Gasteiger partial charge in [0.25, 0.3) is 0 Å². The summed E-state index contributed by atoms with van der Waals surface area (Å²) in [6.45, 7) is 2.20. The molecule has 7 N–H and O–H groups in total. The molecule has 13 nitrogen and oxygen atoms in total. The molecule has 2 aliphatic rings. The zero-order valence-electron chi connectivity index (χ0n) is 31.4. The van der Waals surface area contributed by atoms with Crippen molar-refractivity contribution in [3.63, 3.8) is 0 Å². The maximum atomic E-state index is 14.1. The molecule has 0 bridgehead atoms. The highest BCUT2D eigenvalue weighted by Gasteiger charge is 2.42. The van der Waals surface area contributed by atoms with Gasteiger partial charge in [0.2, 0.25) is 24.1 Å². The predicted octanol–water partition coefficient (Wildman–Crippen LogP) is 3.77. The fourth-order valence-electron chi connectivity index (χ4n) is 7.38. The Hall–Kier alpha value is -6.21. The second kappa shape index (κ2) is 18.9. The van der Waals surface area contributed by atoms with Crippen LogP contribution in [0.1, 0.15) is 47.9 Å². The standard InChI is InChI=1S/C43H50N8O5/c44-26-31-10-12-32(13-11-31)27-47-42(55)39-19-18-38(50(29-52)51(39)43(56)48-28-35-7-3-6-33-5-1-2-8-37(33)35)34-20-23-49(24-21-34)41(54)9-4-22-46-40(53)25-30-14-16-36(45)17-15-30/h1-3,5-8,10-19,29,34,38-39H,4,9,20-28,44-45H2,(H,46,53)(H,47,55)(H,48,56). The van der Waals surface area contributed by atoms with Gasteiger partial charge in [-0.3, -0.25) is 19.2 Å². The number of rotatable bonds is 14. The summed E-state index contributed by atoms with van der Waals surface area (Å²) in [6, 6.07) is 26.3. The number of benzene rings is 4. The number of nitrogen functional groups attached to an aromatic ring is 1. The van der Waals surface area contributed by atoms with Crippen molar-refractivity contribution < 1.29 is 24.0 Å². The van der Waals surface area contributed by atoms with E-state index in [4.69, 9.17) is 11.5 Å². The summed E-state index contributed by atoms with van der Waals surface area (Å²) in [7, 11) is 0. The van der Waals surface area contributed by atoms with Gasteiger partial charge in [-0.1, -0.05) is 91.0 Å². The molecule has 1 saturated heterocycles. The molecular weight excluding hydrogens is 709 g/mol. The zero-order chi connectivity index (χ0) is 39.4. The van der Waals surface area contributed by atoms with Crippen molar-refractivity contribution in [1.82, 2.24) is 30.9 Å². The van der Waals surface area contributed by atoms with Crippen LogP contribution >= 0.6 is 0 Å². The second-order valence-corrected chi connectivity index (χ2v) is 14.3. The third-order valence-electron chi connectivity index (χ3n) is 10.5. The Balaban J connectivity index is 1.07. The SMILES string of the molecule is NCc1ccc(CNC(=O)C2C=CC(C3CCN(C(=O)CCCNC(=O)Cc4ccc(N)cc4)CC3)N(C=O)N2C(=O)NCc2cccc3ccccc23)cc1. The monoisotopic (exact) mass is 758 g/mol. The highest BCUT2D eigenvalue weighted by Crippen LogP contribution is 2.30. The zero-order valence-corrected chi connectivity index (χ0v) is 31.4. The Labute approximate surface area is 327 Å². The number of anilines is 1. The summed E-state index contributed by atoms with van der Waals surface area (Å²) in [5.41, 5.74) is 15.7. The highest BCUT2D eigenvalue weighted by atomic mass is 16.2. The number of amides is 6. The average Bonchev–Trinajstić information content (AvgIpc) is 3.23. The fourth-order valence-corrected chi connectivity index (χ4v) is 7.38. The van der Waals surface area contributed by atoms with Crippen LogP contribution < -0.4 is 27.4 Å². The van der Waals surface area contributed by atoms with Crippen LogP contribution in [-0.2, 0) is 45.2 Å². The van der Waals surface area contributed by atoms with Crippen LogP contribution in [0.25, 0.3) is 10.8 Å². The molecular formula is C43H50N8O5. The third-order valence-corrected chi connectivity index (χ3v) is 10.5. The maximum Gasteiger partial charge on any atom is 0.337 e. The molecule has 0 saturated carbocycles. The summed E-state index contributed by atoms with van der Waals surface area (Å²) in [5, 5.41) is 13.3. The Morgan fingerprint density at radius 2 is 1.46 bits per heavy atom. The van der Waals surface area contributed by atoms with Gasteiger partial charge in [-0.25, -0.2) is 14.8 Å². The Kier molecular flexibility index (Phi) is 13.3. The van der Waals surface area contributed by atoms with Crippen LogP contribution in [0.3, 0.4) is 0 Å². The van der Waals surface area contributed by atoms with Gasteiger partial charge >= 0.3 is 6.03 Å². The Morgan fingerprint density at radius 3 is 2.20 bits per heavy atom. The van der Waals surface area contributed by atoms with Gasteiger partial charge in [0.05, 0.1) is 12.5 Å². The van der Waals surface area contributed by atoms with Crippen molar-refractivity contribution in [1.29, 1.82) is 0 Å². The summed E-state index contributed by atoms with van der Waals surface area (Å²) < 4.78 is 0. The third kappa shape index (κ3) is 9.90. The smallest absolute Gasteiger partial charge is 0.337 e. The van der Waals surface area contributed by atoms with Gasteiger partial charge in [-0.2, -0.15) is 0 Å². The van der Waals surface area contributed by atoms with E-state index in [-0.39, 0.29) is 37.2 Å². The number of fused-ring (bicyclic) bond motifs is 1. The molecule has 6 rings (SSSR count). The van der Waals surface area contributed by atoms with Crippen molar-refractivity contribution in [2.75, 3.05) is 25.4 Å². The molecule has 0 radical (unpaired) electrons. The van der Waals surface area contributed by atoms with E-state index in [0.717, 1.165) is 33.0 Å². The number of likely N-dealkylation sites (tertiary alicyclic amines) is 1. The van der Waals surface area contributed by atoms with E-state index in [0.29, 0.717) is 64.0 Å². The van der Waals surface area contributed by atoms with Crippen molar-refractivity contribution >= 4 is 46.6 Å². The molecule has 0 aliphatic carbocycles. The summed E-state index contributed by atoms with van der Waals surface area (Å²) >= 11 is 0. The second-order valence-electron chi connectivity index (χ2n) is 14.3. The van der Waals surface area contributed by atoms with E-state index < -0.39 is 24.0 Å². The Morgan fingerprint density at radius 1 is 0.768 bits per heavy atom. The summed E-state index contributed by atoms with van der Waals surface area (Å²) in [4.78, 5) is 68.0. The lowest BCUT2D eigenvalue weighted by molar-refractivity contribution is -0.147.